The van der Waals surface area contributed by atoms with E-state index in [1.807, 2.05) is 23.1 Å². The monoisotopic (exact) mass is 366 g/mol. The molecule has 5 nitrogen and oxygen atoms in total. The van der Waals surface area contributed by atoms with E-state index in [1.165, 1.54) is 12.8 Å². The fraction of sp³-hybridized carbons (Fsp3) is 0.364. The zero-order chi connectivity index (χ0) is 19.2. The van der Waals surface area contributed by atoms with Crippen LogP contribution in [0.1, 0.15) is 40.5 Å². The van der Waals surface area contributed by atoms with Crippen molar-refractivity contribution >= 4 is 11.9 Å². The SMILES string of the molecule is CCCCN1CCN(C(=O)c2ccccc2-c2ccccc2C(=O)O)CC1. The molecular weight excluding hydrogens is 340 g/mol. The molecule has 1 amide bonds. The highest BCUT2D eigenvalue weighted by atomic mass is 16.4. The minimum atomic E-state index is -0.989. The summed E-state index contributed by atoms with van der Waals surface area (Å²) in [5.74, 6) is -1.02. The smallest absolute Gasteiger partial charge is 0.336 e. The highest BCUT2D eigenvalue weighted by Crippen LogP contribution is 2.28. The zero-order valence-corrected chi connectivity index (χ0v) is 15.7. The average Bonchev–Trinajstić information content (AvgIpc) is 2.72. The van der Waals surface area contributed by atoms with E-state index in [9.17, 15) is 14.7 Å². The molecular formula is C22H26N2O3. The summed E-state index contributed by atoms with van der Waals surface area (Å²) in [7, 11) is 0. The largest absolute Gasteiger partial charge is 0.478 e. The molecule has 0 saturated carbocycles. The molecule has 1 fully saturated rings. The third-order valence-electron chi connectivity index (χ3n) is 5.09. The first-order chi connectivity index (χ1) is 13.1. The molecule has 142 valence electrons. The molecule has 0 aromatic heterocycles. The minimum Gasteiger partial charge on any atom is -0.478 e. The van der Waals surface area contributed by atoms with Gasteiger partial charge in [-0.1, -0.05) is 49.7 Å². The summed E-state index contributed by atoms with van der Waals surface area (Å²) in [6, 6.07) is 14.1. The molecule has 0 bridgehead atoms. The fourth-order valence-corrected chi connectivity index (χ4v) is 3.54. The molecule has 0 radical (unpaired) electrons. The van der Waals surface area contributed by atoms with Gasteiger partial charge in [-0.2, -0.15) is 0 Å². The summed E-state index contributed by atoms with van der Waals surface area (Å²) in [6.45, 7) is 6.46. The van der Waals surface area contributed by atoms with Gasteiger partial charge < -0.3 is 10.0 Å². The normalized spacial score (nSPS) is 14.9. The first kappa shape index (κ1) is 19.1. The molecule has 0 unspecified atom stereocenters. The Labute approximate surface area is 160 Å². The van der Waals surface area contributed by atoms with Gasteiger partial charge in [0.25, 0.3) is 5.91 Å². The average molecular weight is 366 g/mol. The lowest BCUT2D eigenvalue weighted by Gasteiger charge is -2.35. The van der Waals surface area contributed by atoms with Crippen LogP contribution >= 0.6 is 0 Å². The number of carbonyl (C=O) groups excluding carboxylic acids is 1. The number of hydrogen-bond acceptors (Lipinski definition) is 3. The van der Waals surface area contributed by atoms with E-state index in [4.69, 9.17) is 0 Å². The number of unbranched alkanes of at least 4 members (excludes halogenated alkanes) is 1. The number of amides is 1. The Hall–Kier alpha value is -2.66. The van der Waals surface area contributed by atoms with Gasteiger partial charge in [0.05, 0.1) is 5.56 Å². The standard InChI is InChI=1S/C22H26N2O3/c1-2-3-12-23-13-15-24(16-14-23)21(25)19-10-6-4-8-17(19)18-9-5-7-11-20(18)22(26)27/h4-11H,2-3,12-16H2,1H3,(H,26,27). The maximum Gasteiger partial charge on any atom is 0.336 e. The molecule has 2 aromatic carbocycles. The Morgan fingerprint density at radius 3 is 2.04 bits per heavy atom. The van der Waals surface area contributed by atoms with Crippen LogP contribution in [0.5, 0.6) is 0 Å². The van der Waals surface area contributed by atoms with Gasteiger partial charge in [0.1, 0.15) is 0 Å². The summed E-state index contributed by atoms with van der Waals surface area (Å²) in [4.78, 5) is 29.0. The summed E-state index contributed by atoms with van der Waals surface area (Å²) >= 11 is 0. The van der Waals surface area contributed by atoms with Crippen molar-refractivity contribution in [3.8, 4) is 11.1 Å². The van der Waals surface area contributed by atoms with Crippen LogP contribution in [-0.4, -0.2) is 59.5 Å². The Morgan fingerprint density at radius 1 is 0.889 bits per heavy atom. The predicted molar refractivity (Wildman–Crippen MR) is 106 cm³/mol. The second-order valence-corrected chi connectivity index (χ2v) is 6.88. The lowest BCUT2D eigenvalue weighted by Crippen LogP contribution is -2.48. The summed E-state index contributed by atoms with van der Waals surface area (Å²) in [6.07, 6.45) is 2.36. The molecule has 1 N–H and O–H groups in total. The zero-order valence-electron chi connectivity index (χ0n) is 15.7. The summed E-state index contributed by atoms with van der Waals surface area (Å²) in [5.41, 5.74) is 2.03. The van der Waals surface area contributed by atoms with Crippen LogP contribution in [0.15, 0.2) is 48.5 Å². The van der Waals surface area contributed by atoms with Crippen LogP contribution in [0.2, 0.25) is 0 Å². The number of aromatic carboxylic acids is 1. The van der Waals surface area contributed by atoms with Crippen LogP contribution in [0.4, 0.5) is 0 Å². The van der Waals surface area contributed by atoms with Crippen LogP contribution in [-0.2, 0) is 0 Å². The molecule has 1 saturated heterocycles. The van der Waals surface area contributed by atoms with Crippen molar-refractivity contribution in [2.24, 2.45) is 0 Å². The number of benzene rings is 2. The van der Waals surface area contributed by atoms with Crippen molar-refractivity contribution < 1.29 is 14.7 Å². The maximum absolute atomic E-state index is 13.2. The Bertz CT molecular complexity index is 811. The van der Waals surface area contributed by atoms with Gasteiger partial charge >= 0.3 is 5.97 Å². The van der Waals surface area contributed by atoms with E-state index in [2.05, 4.69) is 11.8 Å². The second-order valence-electron chi connectivity index (χ2n) is 6.88. The third-order valence-corrected chi connectivity index (χ3v) is 5.09. The molecule has 0 spiro atoms. The number of nitrogens with zero attached hydrogens (tertiary/aromatic N) is 2. The van der Waals surface area contributed by atoms with Crippen molar-refractivity contribution in [1.82, 2.24) is 9.80 Å². The number of carboxylic acids is 1. The van der Waals surface area contributed by atoms with Gasteiger partial charge in [0, 0.05) is 31.7 Å². The Balaban J connectivity index is 1.83. The van der Waals surface area contributed by atoms with Crippen molar-refractivity contribution in [1.29, 1.82) is 0 Å². The number of carboxylic acid groups (broad SMARTS) is 1. The van der Waals surface area contributed by atoms with Crippen molar-refractivity contribution in [2.75, 3.05) is 32.7 Å². The van der Waals surface area contributed by atoms with Gasteiger partial charge in [0.15, 0.2) is 0 Å². The van der Waals surface area contributed by atoms with Gasteiger partial charge in [-0.25, -0.2) is 4.79 Å². The molecule has 0 aliphatic carbocycles. The van der Waals surface area contributed by atoms with Crippen LogP contribution in [0.25, 0.3) is 11.1 Å². The molecule has 1 aliphatic heterocycles. The van der Waals surface area contributed by atoms with Gasteiger partial charge in [-0.15, -0.1) is 0 Å². The van der Waals surface area contributed by atoms with E-state index >= 15 is 0 Å². The van der Waals surface area contributed by atoms with Crippen LogP contribution < -0.4 is 0 Å². The van der Waals surface area contributed by atoms with E-state index in [-0.39, 0.29) is 11.5 Å². The van der Waals surface area contributed by atoms with Crippen molar-refractivity contribution in [2.45, 2.75) is 19.8 Å². The van der Waals surface area contributed by atoms with Crippen molar-refractivity contribution in [3.63, 3.8) is 0 Å². The molecule has 1 heterocycles. The quantitative estimate of drug-likeness (QED) is 0.848. The molecule has 3 rings (SSSR count). The van der Waals surface area contributed by atoms with Gasteiger partial charge in [-0.05, 0) is 36.2 Å². The lowest BCUT2D eigenvalue weighted by atomic mass is 9.94. The highest BCUT2D eigenvalue weighted by Gasteiger charge is 2.24. The molecule has 1 aliphatic rings. The number of carbonyl (C=O) groups is 2. The van der Waals surface area contributed by atoms with E-state index in [0.29, 0.717) is 29.8 Å². The summed E-state index contributed by atoms with van der Waals surface area (Å²) < 4.78 is 0. The number of hydrogen-bond donors (Lipinski definition) is 1. The topological polar surface area (TPSA) is 60.9 Å². The first-order valence-electron chi connectivity index (χ1n) is 9.55. The van der Waals surface area contributed by atoms with Crippen molar-refractivity contribution in [3.05, 3.63) is 59.7 Å². The van der Waals surface area contributed by atoms with Gasteiger partial charge in [-0.3, -0.25) is 9.69 Å². The Kier molecular flexibility index (Phi) is 6.24. The van der Waals surface area contributed by atoms with Gasteiger partial charge in [0.2, 0.25) is 0 Å². The fourth-order valence-electron chi connectivity index (χ4n) is 3.54. The Morgan fingerprint density at radius 2 is 1.44 bits per heavy atom. The first-order valence-corrected chi connectivity index (χ1v) is 9.55. The van der Waals surface area contributed by atoms with Crippen LogP contribution in [0.3, 0.4) is 0 Å². The number of piperazine rings is 1. The maximum atomic E-state index is 13.2. The molecule has 27 heavy (non-hydrogen) atoms. The summed E-state index contributed by atoms with van der Waals surface area (Å²) in [5, 5.41) is 9.50. The lowest BCUT2D eigenvalue weighted by molar-refractivity contribution is 0.0634. The van der Waals surface area contributed by atoms with E-state index < -0.39 is 5.97 Å². The van der Waals surface area contributed by atoms with E-state index in [0.717, 1.165) is 19.6 Å². The predicted octanol–water partition coefficient (Wildman–Crippen LogP) is 3.61. The highest BCUT2D eigenvalue weighted by molar-refractivity contribution is 6.04. The molecule has 2 aromatic rings. The molecule has 5 heteroatoms. The third kappa shape index (κ3) is 4.37. The van der Waals surface area contributed by atoms with E-state index in [1.54, 1.807) is 30.3 Å². The minimum absolute atomic E-state index is 0.0269. The molecule has 0 atom stereocenters. The number of rotatable bonds is 6. The second kappa shape index (κ2) is 8.82. The van der Waals surface area contributed by atoms with Crippen LogP contribution in [0, 0.1) is 0 Å².